The summed E-state index contributed by atoms with van der Waals surface area (Å²) in [4.78, 5) is 15.5. The number of nitrogens with two attached hydrogens (primary N) is 1. The number of amides is 1. The van der Waals surface area contributed by atoms with Gasteiger partial charge in [0, 0.05) is 13.1 Å². The topological polar surface area (TPSA) is 105 Å². The Labute approximate surface area is 112 Å². The van der Waals surface area contributed by atoms with Gasteiger partial charge in [0.25, 0.3) is 0 Å². The molecule has 1 rings (SSSR count). The Bertz CT molecular complexity index is 523. The van der Waals surface area contributed by atoms with Crippen LogP contribution in [0.4, 0.5) is 11.5 Å². The molecule has 1 aromatic heterocycles. The van der Waals surface area contributed by atoms with Crippen molar-refractivity contribution < 1.29 is 13.2 Å². The van der Waals surface area contributed by atoms with Gasteiger partial charge in [-0.2, -0.15) is 0 Å². The highest BCUT2D eigenvalue weighted by Crippen LogP contribution is 2.08. The molecule has 1 heterocycles. The molecular formula is C11H18N4O3S. The zero-order valence-corrected chi connectivity index (χ0v) is 11.8. The molecule has 0 aromatic carbocycles. The van der Waals surface area contributed by atoms with Gasteiger partial charge in [-0.3, -0.25) is 4.79 Å². The van der Waals surface area contributed by atoms with Crippen molar-refractivity contribution in [2.45, 2.75) is 13.8 Å². The molecule has 0 aliphatic heterocycles. The second-order valence-corrected chi connectivity index (χ2v) is 5.83. The zero-order chi connectivity index (χ0) is 14.5. The number of aromatic nitrogens is 1. The first-order valence-electron chi connectivity index (χ1n) is 5.88. The Balaban J connectivity index is 2.67. The van der Waals surface area contributed by atoms with E-state index in [1.54, 1.807) is 19.9 Å². The fourth-order valence-electron chi connectivity index (χ4n) is 1.55. The van der Waals surface area contributed by atoms with Crippen LogP contribution in [0.5, 0.6) is 0 Å². The van der Waals surface area contributed by atoms with Crippen LogP contribution in [0.3, 0.4) is 0 Å². The van der Waals surface area contributed by atoms with Crippen LogP contribution in [0.1, 0.15) is 13.8 Å². The summed E-state index contributed by atoms with van der Waals surface area (Å²) in [5, 5.41) is 2.47. The monoisotopic (exact) mass is 286 g/mol. The van der Waals surface area contributed by atoms with E-state index in [4.69, 9.17) is 5.73 Å². The normalized spacial score (nSPS) is 11.5. The molecule has 0 aliphatic rings. The van der Waals surface area contributed by atoms with Crippen molar-refractivity contribution in [3.63, 3.8) is 0 Å². The van der Waals surface area contributed by atoms with E-state index >= 15 is 0 Å². The highest BCUT2D eigenvalue weighted by Gasteiger charge is 2.22. The third-order valence-corrected chi connectivity index (χ3v) is 4.41. The molecule has 0 atom stereocenters. The van der Waals surface area contributed by atoms with Crippen molar-refractivity contribution in [2.24, 2.45) is 0 Å². The minimum Gasteiger partial charge on any atom is -0.384 e. The highest BCUT2D eigenvalue weighted by molar-refractivity contribution is 7.89. The van der Waals surface area contributed by atoms with E-state index in [1.165, 1.54) is 16.6 Å². The van der Waals surface area contributed by atoms with Crippen LogP contribution in [0.15, 0.2) is 18.3 Å². The molecule has 1 amide bonds. The quantitative estimate of drug-likeness (QED) is 0.781. The van der Waals surface area contributed by atoms with Crippen molar-refractivity contribution in [3.8, 4) is 0 Å². The Morgan fingerprint density at radius 2 is 2.00 bits per heavy atom. The molecule has 0 fully saturated rings. The molecule has 0 bridgehead atoms. The highest BCUT2D eigenvalue weighted by atomic mass is 32.2. The maximum Gasteiger partial charge on any atom is 0.241 e. The SMILES string of the molecule is CCN(CC)S(=O)(=O)CC(=O)Nc1ccc(N)nc1. The fourth-order valence-corrected chi connectivity index (χ4v) is 2.92. The first-order valence-corrected chi connectivity index (χ1v) is 7.49. The lowest BCUT2D eigenvalue weighted by molar-refractivity contribution is -0.113. The third kappa shape index (κ3) is 4.49. The first kappa shape index (κ1) is 15.4. The number of pyridine rings is 1. The lowest BCUT2D eigenvalue weighted by Gasteiger charge is -2.17. The Morgan fingerprint density at radius 3 is 2.47 bits per heavy atom. The largest absolute Gasteiger partial charge is 0.384 e. The van der Waals surface area contributed by atoms with E-state index in [0.717, 1.165) is 0 Å². The van der Waals surface area contributed by atoms with Crippen LogP contribution in [-0.2, 0) is 14.8 Å². The molecule has 0 unspecified atom stereocenters. The number of hydrogen-bond donors (Lipinski definition) is 2. The standard InChI is InChI=1S/C11H18N4O3S/c1-3-15(4-2)19(17,18)8-11(16)14-9-5-6-10(12)13-7-9/h5-7H,3-4,8H2,1-2H3,(H2,12,13)(H,14,16). The molecule has 3 N–H and O–H groups in total. The molecule has 0 radical (unpaired) electrons. The predicted molar refractivity (Wildman–Crippen MR) is 74.0 cm³/mol. The molecule has 106 valence electrons. The van der Waals surface area contributed by atoms with Crippen LogP contribution in [-0.4, -0.2) is 42.5 Å². The van der Waals surface area contributed by atoms with Crippen molar-refractivity contribution in [1.82, 2.24) is 9.29 Å². The minimum atomic E-state index is -3.57. The predicted octanol–water partition coefficient (Wildman–Crippen LogP) is 0.274. The van der Waals surface area contributed by atoms with Crippen molar-refractivity contribution in [2.75, 3.05) is 29.9 Å². The average molecular weight is 286 g/mol. The van der Waals surface area contributed by atoms with E-state index < -0.39 is 21.7 Å². The van der Waals surface area contributed by atoms with Gasteiger partial charge in [-0.1, -0.05) is 13.8 Å². The van der Waals surface area contributed by atoms with E-state index in [9.17, 15) is 13.2 Å². The van der Waals surface area contributed by atoms with Gasteiger partial charge < -0.3 is 11.1 Å². The van der Waals surface area contributed by atoms with Crippen LogP contribution in [0.2, 0.25) is 0 Å². The van der Waals surface area contributed by atoms with Crippen molar-refractivity contribution in [1.29, 1.82) is 0 Å². The molecule has 0 aliphatic carbocycles. The summed E-state index contributed by atoms with van der Waals surface area (Å²) < 4.78 is 25.0. The van der Waals surface area contributed by atoms with Crippen LogP contribution in [0.25, 0.3) is 0 Å². The van der Waals surface area contributed by atoms with Gasteiger partial charge in [0.05, 0.1) is 11.9 Å². The summed E-state index contributed by atoms with van der Waals surface area (Å²) in [6.45, 7) is 4.14. The molecule has 0 saturated carbocycles. The summed E-state index contributed by atoms with van der Waals surface area (Å²) in [6, 6.07) is 3.08. The number of anilines is 2. The maximum absolute atomic E-state index is 11.9. The number of rotatable bonds is 6. The van der Waals surface area contributed by atoms with Gasteiger partial charge in [0.2, 0.25) is 15.9 Å². The van der Waals surface area contributed by atoms with Gasteiger partial charge in [-0.05, 0) is 12.1 Å². The second-order valence-electron chi connectivity index (χ2n) is 3.86. The number of sulfonamides is 1. The first-order chi connectivity index (χ1) is 8.89. The van der Waals surface area contributed by atoms with E-state index in [0.29, 0.717) is 24.6 Å². The summed E-state index contributed by atoms with van der Waals surface area (Å²) in [5.41, 5.74) is 5.82. The second kappa shape index (κ2) is 6.48. The summed E-state index contributed by atoms with van der Waals surface area (Å²) >= 11 is 0. The van der Waals surface area contributed by atoms with Gasteiger partial charge in [0.1, 0.15) is 11.6 Å². The van der Waals surface area contributed by atoms with Crippen molar-refractivity contribution >= 4 is 27.4 Å². The molecule has 0 saturated heterocycles. The van der Waals surface area contributed by atoms with Crippen molar-refractivity contribution in [3.05, 3.63) is 18.3 Å². The number of carbonyl (C=O) groups is 1. The molecular weight excluding hydrogens is 268 g/mol. The Kier molecular flexibility index (Phi) is 5.25. The number of nitrogens with one attached hydrogen (secondary N) is 1. The number of nitrogen functional groups attached to an aromatic ring is 1. The van der Waals surface area contributed by atoms with Gasteiger partial charge in [-0.15, -0.1) is 0 Å². The van der Waals surface area contributed by atoms with Crippen LogP contribution in [0, 0.1) is 0 Å². The third-order valence-electron chi connectivity index (χ3n) is 2.48. The number of carbonyl (C=O) groups excluding carboxylic acids is 1. The van der Waals surface area contributed by atoms with E-state index in [2.05, 4.69) is 10.3 Å². The van der Waals surface area contributed by atoms with E-state index in [-0.39, 0.29) is 0 Å². The fraction of sp³-hybridized carbons (Fsp3) is 0.455. The Morgan fingerprint density at radius 1 is 1.37 bits per heavy atom. The van der Waals surface area contributed by atoms with Gasteiger partial charge in [0.15, 0.2) is 0 Å². The Hall–Kier alpha value is -1.67. The summed E-state index contributed by atoms with van der Waals surface area (Å²) in [7, 11) is -3.57. The smallest absolute Gasteiger partial charge is 0.241 e. The van der Waals surface area contributed by atoms with Crippen LogP contribution >= 0.6 is 0 Å². The lowest BCUT2D eigenvalue weighted by atomic mass is 10.4. The van der Waals surface area contributed by atoms with Gasteiger partial charge in [-0.25, -0.2) is 17.7 Å². The zero-order valence-electron chi connectivity index (χ0n) is 11.0. The van der Waals surface area contributed by atoms with Gasteiger partial charge >= 0.3 is 0 Å². The van der Waals surface area contributed by atoms with Crippen LogP contribution < -0.4 is 11.1 Å². The molecule has 19 heavy (non-hydrogen) atoms. The average Bonchev–Trinajstić information content (AvgIpc) is 2.32. The summed E-state index contributed by atoms with van der Waals surface area (Å²) in [6.07, 6.45) is 1.37. The lowest BCUT2D eigenvalue weighted by Crippen LogP contribution is -2.36. The summed E-state index contributed by atoms with van der Waals surface area (Å²) in [5.74, 6) is -0.855. The maximum atomic E-state index is 11.9. The molecule has 1 aromatic rings. The molecule has 7 nitrogen and oxygen atoms in total. The molecule has 8 heteroatoms. The number of nitrogens with zero attached hydrogens (tertiary/aromatic N) is 2. The number of hydrogen-bond acceptors (Lipinski definition) is 5. The minimum absolute atomic E-state index is 0.328. The molecule has 0 spiro atoms. The van der Waals surface area contributed by atoms with E-state index in [1.807, 2.05) is 0 Å².